The molecule has 29 heavy (non-hydrogen) atoms. The normalized spacial score (nSPS) is 11.4. The summed E-state index contributed by atoms with van der Waals surface area (Å²) in [5, 5.41) is 11.5. The molecule has 2 N–H and O–H groups in total. The molecule has 0 aliphatic rings. The van der Waals surface area contributed by atoms with E-state index in [0.717, 1.165) is 39.2 Å². The van der Waals surface area contributed by atoms with Crippen molar-refractivity contribution < 1.29 is 4.39 Å². The van der Waals surface area contributed by atoms with Gasteiger partial charge in [-0.2, -0.15) is 10.2 Å². The second kappa shape index (κ2) is 6.82. The zero-order chi connectivity index (χ0) is 20.0. The molecule has 0 saturated heterocycles. The Kier molecular flexibility index (Phi) is 4.13. The zero-order valence-corrected chi connectivity index (χ0v) is 16.1. The van der Waals surface area contributed by atoms with Crippen molar-refractivity contribution in [3.05, 3.63) is 71.3 Å². The molecule has 0 fully saturated rings. The first-order valence-corrected chi connectivity index (χ1v) is 9.27. The molecule has 5 rings (SSSR count). The molecule has 0 radical (unpaired) electrons. The van der Waals surface area contributed by atoms with Crippen molar-refractivity contribution >= 4 is 22.8 Å². The molecule has 0 bridgehead atoms. The number of hydrogen-bond donors (Lipinski definition) is 2. The van der Waals surface area contributed by atoms with Gasteiger partial charge in [-0.3, -0.25) is 9.78 Å². The first-order chi connectivity index (χ1) is 14.1. The topological polar surface area (TPSA) is 88.1 Å². The van der Waals surface area contributed by atoms with Gasteiger partial charge in [-0.05, 0) is 24.6 Å². The molecule has 5 aromatic rings. The number of halogens is 2. The average molecular weight is 408 g/mol. The highest BCUT2D eigenvalue weighted by Gasteiger charge is 2.14. The van der Waals surface area contributed by atoms with Crippen LogP contribution in [0.2, 0.25) is 5.02 Å². The van der Waals surface area contributed by atoms with Crippen LogP contribution in [0.4, 0.5) is 4.39 Å². The molecule has 9 heteroatoms. The second-order valence-corrected chi connectivity index (χ2v) is 7.15. The van der Waals surface area contributed by atoms with Gasteiger partial charge >= 0.3 is 0 Å². The van der Waals surface area contributed by atoms with Crippen molar-refractivity contribution in [1.82, 2.24) is 34.9 Å². The zero-order valence-electron chi connectivity index (χ0n) is 15.3. The fourth-order valence-corrected chi connectivity index (χ4v) is 3.38. The minimum absolute atomic E-state index is 0.107. The molecule has 1 aromatic carbocycles. The molecule has 0 aliphatic carbocycles. The third-order valence-electron chi connectivity index (χ3n) is 4.76. The average Bonchev–Trinajstić information content (AvgIpc) is 3.43. The van der Waals surface area contributed by atoms with Crippen LogP contribution in [-0.2, 0) is 6.54 Å². The van der Waals surface area contributed by atoms with E-state index in [2.05, 4.69) is 25.3 Å². The van der Waals surface area contributed by atoms with Gasteiger partial charge < -0.3 is 4.98 Å². The number of aromatic nitrogens is 7. The van der Waals surface area contributed by atoms with Crippen LogP contribution in [0, 0.1) is 12.7 Å². The standard InChI is InChI=1S/C20H15ClFN7/c1-11-14(7-25-28-11)18-8-24-20-19(27-18)15(6-23-20)13-5-26-29(10-13)9-12-2-3-16(21)17(22)4-12/h2-8,10H,9H2,1H3,(H,23,24)(H,25,28). The fraction of sp³-hybridized carbons (Fsp3) is 0.100. The first-order valence-electron chi connectivity index (χ1n) is 8.90. The van der Waals surface area contributed by atoms with Crippen LogP contribution in [0.5, 0.6) is 0 Å². The predicted molar refractivity (Wildman–Crippen MR) is 108 cm³/mol. The van der Waals surface area contributed by atoms with Gasteiger partial charge in [0.05, 0.1) is 35.9 Å². The van der Waals surface area contributed by atoms with E-state index in [-0.39, 0.29) is 5.02 Å². The minimum Gasteiger partial charge on any atom is -0.344 e. The summed E-state index contributed by atoms with van der Waals surface area (Å²) in [7, 11) is 0. The Balaban J connectivity index is 1.49. The molecule has 4 aromatic heterocycles. The lowest BCUT2D eigenvalue weighted by molar-refractivity contribution is 0.619. The number of aryl methyl sites for hydroxylation is 1. The quantitative estimate of drug-likeness (QED) is 0.463. The van der Waals surface area contributed by atoms with Crippen molar-refractivity contribution in [2.24, 2.45) is 0 Å². The summed E-state index contributed by atoms with van der Waals surface area (Å²) in [4.78, 5) is 12.4. The predicted octanol–water partition coefficient (Wildman–Crippen LogP) is 4.36. The van der Waals surface area contributed by atoms with Gasteiger partial charge in [0.1, 0.15) is 11.3 Å². The van der Waals surface area contributed by atoms with E-state index in [1.807, 2.05) is 19.3 Å². The van der Waals surface area contributed by atoms with Crippen molar-refractivity contribution in [1.29, 1.82) is 0 Å². The number of aromatic amines is 2. The van der Waals surface area contributed by atoms with Crippen LogP contribution in [-0.4, -0.2) is 34.9 Å². The van der Waals surface area contributed by atoms with Crippen LogP contribution in [0.1, 0.15) is 11.3 Å². The van der Waals surface area contributed by atoms with E-state index in [9.17, 15) is 4.39 Å². The van der Waals surface area contributed by atoms with Crippen molar-refractivity contribution in [2.75, 3.05) is 0 Å². The Morgan fingerprint density at radius 2 is 2.07 bits per heavy atom. The van der Waals surface area contributed by atoms with E-state index in [4.69, 9.17) is 16.6 Å². The van der Waals surface area contributed by atoms with Gasteiger partial charge in [-0.1, -0.05) is 17.7 Å². The molecular formula is C20H15ClFN7. The summed E-state index contributed by atoms with van der Waals surface area (Å²) in [5.41, 5.74) is 6.58. The lowest BCUT2D eigenvalue weighted by Crippen LogP contribution is -2.00. The van der Waals surface area contributed by atoms with Crippen LogP contribution < -0.4 is 0 Å². The number of H-pyrrole nitrogens is 2. The van der Waals surface area contributed by atoms with Crippen LogP contribution >= 0.6 is 11.6 Å². The Bertz CT molecular complexity index is 1330. The summed E-state index contributed by atoms with van der Waals surface area (Å²) in [6.45, 7) is 2.37. The van der Waals surface area contributed by atoms with Crippen LogP contribution in [0.15, 0.2) is 49.2 Å². The number of fused-ring (bicyclic) bond motifs is 1. The molecule has 4 heterocycles. The maximum Gasteiger partial charge on any atom is 0.156 e. The van der Waals surface area contributed by atoms with Crippen LogP contribution in [0.3, 0.4) is 0 Å². The summed E-state index contributed by atoms with van der Waals surface area (Å²) in [6.07, 6.45) is 8.97. The van der Waals surface area contributed by atoms with Gasteiger partial charge in [-0.15, -0.1) is 0 Å². The molecule has 0 amide bonds. The third kappa shape index (κ3) is 3.17. The Hall–Kier alpha value is -3.52. The first kappa shape index (κ1) is 17.6. The molecule has 0 unspecified atom stereocenters. The number of nitrogens with zero attached hydrogens (tertiary/aromatic N) is 5. The Labute approximate surface area is 169 Å². The third-order valence-corrected chi connectivity index (χ3v) is 5.07. The molecule has 0 spiro atoms. The number of benzene rings is 1. The Morgan fingerprint density at radius 3 is 2.86 bits per heavy atom. The van der Waals surface area contributed by atoms with Gasteiger partial charge in [0.25, 0.3) is 0 Å². The smallest absolute Gasteiger partial charge is 0.156 e. The molecule has 0 atom stereocenters. The van der Waals surface area contributed by atoms with Crippen molar-refractivity contribution in [3.8, 4) is 22.4 Å². The highest BCUT2D eigenvalue weighted by atomic mass is 35.5. The SMILES string of the molecule is Cc1[nH]ncc1-c1cnc2[nH]cc(-c3cnn(Cc4ccc(Cl)c(F)c4)c3)c2n1. The number of nitrogens with one attached hydrogen (secondary N) is 2. The van der Waals surface area contributed by atoms with Crippen molar-refractivity contribution in [2.45, 2.75) is 13.5 Å². The lowest BCUT2D eigenvalue weighted by atomic mass is 10.1. The molecule has 144 valence electrons. The van der Waals surface area contributed by atoms with Crippen molar-refractivity contribution in [3.63, 3.8) is 0 Å². The number of hydrogen-bond acceptors (Lipinski definition) is 4. The maximum absolute atomic E-state index is 13.7. The minimum atomic E-state index is -0.439. The second-order valence-electron chi connectivity index (χ2n) is 6.74. The van der Waals surface area contributed by atoms with Gasteiger partial charge in [0.2, 0.25) is 0 Å². The molecule has 7 nitrogen and oxygen atoms in total. The van der Waals surface area contributed by atoms with Gasteiger partial charge in [-0.25, -0.2) is 14.4 Å². The summed E-state index contributed by atoms with van der Waals surface area (Å²) in [6, 6.07) is 4.75. The molecule has 0 aliphatic heterocycles. The lowest BCUT2D eigenvalue weighted by Gasteiger charge is -2.03. The van der Waals surface area contributed by atoms with E-state index < -0.39 is 5.82 Å². The van der Waals surface area contributed by atoms with E-state index >= 15 is 0 Å². The van der Waals surface area contributed by atoms with Crippen LogP contribution in [0.25, 0.3) is 33.5 Å². The van der Waals surface area contributed by atoms with E-state index in [1.54, 1.807) is 35.4 Å². The number of rotatable bonds is 4. The largest absolute Gasteiger partial charge is 0.344 e. The highest BCUT2D eigenvalue weighted by molar-refractivity contribution is 6.30. The van der Waals surface area contributed by atoms with E-state index in [0.29, 0.717) is 12.2 Å². The van der Waals surface area contributed by atoms with Gasteiger partial charge in [0.15, 0.2) is 5.65 Å². The highest BCUT2D eigenvalue weighted by Crippen LogP contribution is 2.29. The monoisotopic (exact) mass is 407 g/mol. The van der Waals surface area contributed by atoms with Gasteiger partial charge in [0, 0.05) is 34.8 Å². The molecular weight excluding hydrogens is 393 g/mol. The van der Waals surface area contributed by atoms with E-state index in [1.165, 1.54) is 6.07 Å². The fourth-order valence-electron chi connectivity index (χ4n) is 3.26. The Morgan fingerprint density at radius 1 is 1.17 bits per heavy atom. The summed E-state index contributed by atoms with van der Waals surface area (Å²) < 4.78 is 15.4. The summed E-state index contributed by atoms with van der Waals surface area (Å²) >= 11 is 5.75. The summed E-state index contributed by atoms with van der Waals surface area (Å²) in [5.74, 6) is -0.439. The molecule has 0 saturated carbocycles. The maximum atomic E-state index is 13.7.